The first-order valence-electron chi connectivity index (χ1n) is 26.4. The van der Waals surface area contributed by atoms with Gasteiger partial charge in [-0.3, -0.25) is 23.2 Å². The number of carbonyl (C=O) groups is 2. The van der Waals surface area contributed by atoms with E-state index in [0.29, 0.717) is 25.7 Å². The van der Waals surface area contributed by atoms with Crippen molar-refractivity contribution in [2.24, 2.45) is 0 Å². The van der Waals surface area contributed by atoms with Crippen molar-refractivity contribution in [3.05, 3.63) is 83.5 Å². The number of nitrogen functional groups attached to an aromatic ring is 1. The second-order valence-corrected chi connectivity index (χ2v) is 21.1. The first-order valence-corrected chi connectivity index (χ1v) is 29.4. The van der Waals surface area contributed by atoms with Crippen LogP contribution in [0.2, 0.25) is 0 Å². The zero-order chi connectivity index (χ0) is 53.4. The number of unbranched alkanes of at least 4 members (excludes halogenated alkanes) is 17. The van der Waals surface area contributed by atoms with E-state index in [1.165, 1.54) is 44.6 Å². The zero-order valence-electron chi connectivity index (χ0n) is 43.1. The Bertz CT molecular complexity index is 1960. The Labute approximate surface area is 433 Å². The van der Waals surface area contributed by atoms with Gasteiger partial charge in [0.15, 0.2) is 12.3 Å². The normalized spacial score (nSPS) is 19.4. The number of phosphoric ester groups is 2. The van der Waals surface area contributed by atoms with Gasteiger partial charge in [-0.2, -0.15) is 9.29 Å². The molecule has 7 atom stereocenters. The average molecular weight is 1070 g/mol. The van der Waals surface area contributed by atoms with E-state index in [1.54, 1.807) is 0 Å². The third-order valence-corrected chi connectivity index (χ3v) is 14.2. The van der Waals surface area contributed by atoms with E-state index in [1.807, 2.05) is 18.2 Å². The maximum atomic E-state index is 12.9. The number of nitrogens with zero attached hydrogens (tertiary/aromatic N) is 2. The van der Waals surface area contributed by atoms with Gasteiger partial charge in [-0.05, 0) is 89.5 Å². The summed E-state index contributed by atoms with van der Waals surface area (Å²) in [5.41, 5.74) is 4.58. The quantitative estimate of drug-likeness (QED) is 0.0153. The molecule has 416 valence electrons. The van der Waals surface area contributed by atoms with E-state index in [0.717, 1.165) is 101 Å². The van der Waals surface area contributed by atoms with Crippen LogP contribution in [0, 0.1) is 0 Å². The Kier molecular flexibility index (Phi) is 36.5. The highest BCUT2D eigenvalue weighted by atomic mass is 31.3. The number of anilines is 1. The first kappa shape index (κ1) is 65.5. The summed E-state index contributed by atoms with van der Waals surface area (Å²) >= 11 is 0. The number of allylic oxidation sites excluding steroid dienone is 10. The van der Waals surface area contributed by atoms with Gasteiger partial charge in [-0.1, -0.05) is 138 Å². The molecule has 1 aliphatic rings. The number of hydrogen-bond acceptors (Lipinski definition) is 16. The molecule has 73 heavy (non-hydrogen) atoms. The van der Waals surface area contributed by atoms with E-state index in [2.05, 4.69) is 58.8 Å². The standard InChI is InChI=1S/C52H87N3O16P2/c1-2-3-4-5-6-7-8-9-10-12-15-18-21-24-27-30-33-36-47(57)66-41-44(69-48(58)37-34-31-28-25-22-19-16-13-11-14-17-20-23-26-29-32-35-40-56)42-67-72(62,63)71-73(64,65)68-43-45-49(59)50(60)51(70-45)55-39-38-46(53)54-52(55)61/h9-11,14,16,19-20,23,25,28,38-39,44-45,49-51,56,59-60H,2-8,12-13,15,17-18,21-22,24,26-27,29-37,40-43H2,1H3,(H,62,63)(H,64,65)(H2,53,54,61)/b10-9-,14-11-,19-16-,23-20-,28-25-/t44-,45-,49-,50-,51-/m1/s1. The first-order chi connectivity index (χ1) is 35.2. The van der Waals surface area contributed by atoms with Gasteiger partial charge in [-0.25, -0.2) is 13.9 Å². The number of aromatic nitrogens is 2. The molecule has 0 spiro atoms. The number of hydrogen-bond donors (Lipinski definition) is 6. The lowest BCUT2D eigenvalue weighted by Gasteiger charge is -2.21. The van der Waals surface area contributed by atoms with Gasteiger partial charge in [0.2, 0.25) is 0 Å². The number of nitrogens with two attached hydrogens (primary N) is 1. The molecule has 1 aliphatic heterocycles. The fraction of sp³-hybridized carbons (Fsp3) is 0.692. The Morgan fingerprint density at radius 1 is 0.685 bits per heavy atom. The fourth-order valence-corrected chi connectivity index (χ4v) is 9.63. The molecule has 1 fully saturated rings. The van der Waals surface area contributed by atoms with Crippen LogP contribution in [0.25, 0.3) is 0 Å². The molecule has 2 heterocycles. The summed E-state index contributed by atoms with van der Waals surface area (Å²) in [7, 11) is -10.9. The van der Waals surface area contributed by atoms with Crippen LogP contribution in [0.5, 0.6) is 0 Å². The Morgan fingerprint density at radius 3 is 1.75 bits per heavy atom. The highest BCUT2D eigenvalue weighted by Crippen LogP contribution is 2.60. The summed E-state index contributed by atoms with van der Waals surface area (Å²) in [5.74, 6) is -1.39. The molecule has 2 unspecified atom stereocenters. The molecular weight excluding hydrogens is 985 g/mol. The minimum atomic E-state index is -5.44. The van der Waals surface area contributed by atoms with E-state index in [-0.39, 0.29) is 25.3 Å². The number of aliphatic hydroxyl groups is 3. The molecule has 21 heteroatoms. The van der Waals surface area contributed by atoms with Crippen molar-refractivity contribution in [3.8, 4) is 0 Å². The third-order valence-electron chi connectivity index (χ3n) is 11.6. The molecule has 0 amide bonds. The van der Waals surface area contributed by atoms with E-state index >= 15 is 0 Å². The van der Waals surface area contributed by atoms with Crippen LogP contribution in [0.1, 0.15) is 180 Å². The monoisotopic (exact) mass is 1070 g/mol. The fourth-order valence-electron chi connectivity index (χ4n) is 7.52. The number of rotatable bonds is 44. The zero-order valence-corrected chi connectivity index (χ0v) is 44.9. The van der Waals surface area contributed by atoms with E-state index < -0.39 is 83.7 Å². The van der Waals surface area contributed by atoms with Crippen LogP contribution in [0.4, 0.5) is 5.82 Å². The van der Waals surface area contributed by atoms with Gasteiger partial charge < -0.3 is 45.1 Å². The maximum Gasteiger partial charge on any atom is 0.481 e. The van der Waals surface area contributed by atoms with Gasteiger partial charge in [0.1, 0.15) is 30.7 Å². The number of ether oxygens (including phenoxy) is 3. The minimum Gasteiger partial charge on any atom is -0.462 e. The van der Waals surface area contributed by atoms with Crippen molar-refractivity contribution in [3.63, 3.8) is 0 Å². The largest absolute Gasteiger partial charge is 0.481 e. The molecular formula is C52H87N3O16P2. The summed E-state index contributed by atoms with van der Waals surface area (Å²) < 4.78 is 56.7. The lowest BCUT2D eigenvalue weighted by Crippen LogP contribution is -2.36. The van der Waals surface area contributed by atoms with Gasteiger partial charge >= 0.3 is 33.3 Å². The van der Waals surface area contributed by atoms with Gasteiger partial charge in [0.05, 0.1) is 13.2 Å². The van der Waals surface area contributed by atoms with Gasteiger partial charge in [0, 0.05) is 25.6 Å². The molecule has 0 bridgehead atoms. The summed E-state index contributed by atoms with van der Waals surface area (Å²) in [4.78, 5) is 61.9. The average Bonchev–Trinajstić information content (AvgIpc) is 3.63. The second-order valence-electron chi connectivity index (χ2n) is 18.1. The molecule has 19 nitrogen and oxygen atoms in total. The summed E-state index contributed by atoms with van der Waals surface area (Å²) in [6.07, 6.45) is 38.8. The van der Waals surface area contributed by atoms with Crippen molar-refractivity contribution >= 4 is 33.4 Å². The molecule has 2 rings (SSSR count). The topological polar surface area (TPSA) is 286 Å². The number of phosphoric acid groups is 2. The smallest absolute Gasteiger partial charge is 0.462 e. The molecule has 7 N–H and O–H groups in total. The lowest BCUT2D eigenvalue weighted by atomic mass is 10.1. The predicted molar refractivity (Wildman–Crippen MR) is 281 cm³/mol. The van der Waals surface area contributed by atoms with Crippen molar-refractivity contribution in [2.45, 2.75) is 205 Å². The van der Waals surface area contributed by atoms with Crippen molar-refractivity contribution < 1.29 is 71.4 Å². The number of aliphatic hydroxyl groups excluding tert-OH is 3. The lowest BCUT2D eigenvalue weighted by molar-refractivity contribution is -0.161. The van der Waals surface area contributed by atoms with Crippen molar-refractivity contribution in [1.82, 2.24) is 9.55 Å². The van der Waals surface area contributed by atoms with Crippen molar-refractivity contribution in [2.75, 3.05) is 32.2 Å². The summed E-state index contributed by atoms with van der Waals surface area (Å²) in [6.45, 7) is 0.103. The summed E-state index contributed by atoms with van der Waals surface area (Å²) in [6, 6.07) is 1.24. The Morgan fingerprint density at radius 2 is 1.18 bits per heavy atom. The van der Waals surface area contributed by atoms with E-state index in [9.17, 15) is 43.5 Å². The van der Waals surface area contributed by atoms with Gasteiger partial charge in [0.25, 0.3) is 0 Å². The highest BCUT2D eigenvalue weighted by molar-refractivity contribution is 7.61. The molecule has 0 aliphatic carbocycles. The highest BCUT2D eigenvalue weighted by Gasteiger charge is 2.46. The Balaban J connectivity index is 1.81. The second kappa shape index (κ2) is 40.7. The molecule has 1 saturated heterocycles. The SMILES string of the molecule is CCCCCCCC/C=C\CCCCCCCCCC(=O)OC[C@H](COP(=O)(O)OP(=O)(O)OC[C@H]1O[C@@H](n2ccc(N)nc2=O)[C@H](O)[C@@H]1O)OC(=O)CCC/C=C\C/C=C\C/C=C\C/C=C\CCCCCO. The number of carbonyl (C=O) groups excluding carboxylic acids is 2. The predicted octanol–water partition coefficient (Wildman–Crippen LogP) is 10.1. The molecule has 0 radical (unpaired) electrons. The van der Waals surface area contributed by atoms with Crippen LogP contribution in [-0.2, 0) is 46.3 Å². The van der Waals surface area contributed by atoms with Crippen LogP contribution >= 0.6 is 15.6 Å². The molecule has 1 aromatic heterocycles. The maximum absolute atomic E-state index is 12.9. The number of esters is 2. The third kappa shape index (κ3) is 33.2. The Hall–Kier alpha value is -3.58. The van der Waals surface area contributed by atoms with Crippen LogP contribution in [-0.4, -0.2) is 97.4 Å². The minimum absolute atomic E-state index is 0.0381. The van der Waals surface area contributed by atoms with Crippen LogP contribution in [0.15, 0.2) is 77.8 Å². The molecule has 0 saturated carbocycles. The molecule has 0 aromatic carbocycles. The molecule has 1 aromatic rings. The van der Waals surface area contributed by atoms with Crippen LogP contribution < -0.4 is 11.4 Å². The van der Waals surface area contributed by atoms with E-state index in [4.69, 9.17) is 34.1 Å². The van der Waals surface area contributed by atoms with Crippen LogP contribution in [0.3, 0.4) is 0 Å². The van der Waals surface area contributed by atoms with Gasteiger partial charge in [-0.15, -0.1) is 0 Å². The van der Waals surface area contributed by atoms with Crippen molar-refractivity contribution in [1.29, 1.82) is 0 Å². The summed E-state index contributed by atoms with van der Waals surface area (Å²) in [5, 5.41) is 29.8.